The van der Waals surface area contributed by atoms with Crippen LogP contribution in [0.15, 0.2) is 42.5 Å². The third kappa shape index (κ3) is 9.10. The second-order valence-corrected chi connectivity index (χ2v) is 11.5. The summed E-state index contributed by atoms with van der Waals surface area (Å²) in [6, 6.07) is 9.41. The number of aliphatic hydroxyl groups excluding tert-OH is 1. The number of nitrogens with zero attached hydrogens (tertiary/aromatic N) is 1. The Kier molecular flexibility index (Phi) is 10.3. The molecule has 218 valence electrons. The Morgan fingerprint density at radius 2 is 1.70 bits per heavy atom. The topological polar surface area (TPSA) is 206 Å². The van der Waals surface area contributed by atoms with E-state index in [0.717, 1.165) is 37.9 Å². The van der Waals surface area contributed by atoms with Crippen LogP contribution in [0.3, 0.4) is 0 Å². The molecule has 40 heavy (non-hydrogen) atoms. The van der Waals surface area contributed by atoms with E-state index in [1.165, 1.54) is 18.2 Å². The van der Waals surface area contributed by atoms with E-state index < -0.39 is 46.4 Å². The molecule has 14 heteroatoms. The number of piperidine rings is 1. The largest absolute Gasteiger partial charge is 0.506 e. The Morgan fingerprint density at radius 1 is 1.05 bits per heavy atom. The molecule has 2 aromatic carbocycles. The molecule has 1 heterocycles. The first-order valence-electron chi connectivity index (χ1n) is 12.6. The van der Waals surface area contributed by atoms with Gasteiger partial charge in [0.1, 0.15) is 11.8 Å². The van der Waals surface area contributed by atoms with Crippen LogP contribution in [0.1, 0.15) is 41.3 Å². The number of anilines is 2. The molecule has 0 saturated carbocycles. The van der Waals surface area contributed by atoms with Crippen molar-refractivity contribution in [1.82, 2.24) is 10.6 Å². The summed E-state index contributed by atoms with van der Waals surface area (Å²) in [6.45, 7) is 2.48. The van der Waals surface area contributed by atoms with Crippen molar-refractivity contribution in [3.8, 4) is 5.75 Å². The zero-order valence-corrected chi connectivity index (χ0v) is 22.7. The number of carboxylic acid groups (broad SMARTS) is 2. The number of sulfonamides is 1. The van der Waals surface area contributed by atoms with Crippen LogP contribution >= 0.6 is 0 Å². The van der Waals surface area contributed by atoms with Gasteiger partial charge < -0.3 is 36.0 Å². The molecule has 1 fully saturated rings. The fraction of sp³-hybridized carbons (Fsp3) is 0.423. The number of hydrogen-bond acceptors (Lipinski definition) is 9. The molecule has 0 aromatic heterocycles. The number of carbonyl (C=O) groups excluding carboxylic acids is 1. The Bertz CT molecular complexity index is 1310. The summed E-state index contributed by atoms with van der Waals surface area (Å²) >= 11 is 0. The van der Waals surface area contributed by atoms with Crippen LogP contribution in [0.2, 0.25) is 0 Å². The van der Waals surface area contributed by atoms with Crippen LogP contribution < -0.4 is 20.3 Å². The van der Waals surface area contributed by atoms with Crippen LogP contribution in [0.4, 0.5) is 11.4 Å². The molecule has 2 aromatic rings. The van der Waals surface area contributed by atoms with Crippen LogP contribution in [-0.2, 0) is 19.6 Å². The normalized spacial score (nSPS) is 15.7. The van der Waals surface area contributed by atoms with E-state index in [4.69, 9.17) is 10.2 Å². The molecule has 1 unspecified atom stereocenters. The van der Waals surface area contributed by atoms with Crippen molar-refractivity contribution < 1.29 is 43.2 Å². The van der Waals surface area contributed by atoms with Crippen molar-refractivity contribution in [2.24, 2.45) is 5.92 Å². The van der Waals surface area contributed by atoms with Crippen molar-refractivity contribution in [2.75, 3.05) is 42.1 Å². The molecule has 13 nitrogen and oxygen atoms in total. The molecule has 7 N–H and O–H groups in total. The van der Waals surface area contributed by atoms with Gasteiger partial charge in [-0.3, -0.25) is 14.3 Å². The summed E-state index contributed by atoms with van der Waals surface area (Å²) in [7, 11) is -3.58. The van der Waals surface area contributed by atoms with Crippen molar-refractivity contribution in [1.29, 1.82) is 0 Å². The van der Waals surface area contributed by atoms with Gasteiger partial charge in [-0.15, -0.1) is 0 Å². The van der Waals surface area contributed by atoms with E-state index in [1.807, 2.05) is 0 Å². The third-order valence-electron chi connectivity index (χ3n) is 6.56. The zero-order valence-electron chi connectivity index (χ0n) is 21.9. The lowest BCUT2D eigenvalue weighted by Crippen LogP contribution is -2.42. The number of phenolic OH excluding ortho intramolecular Hbond substituents is 1. The molecular formula is C26H34N4O9S. The number of aliphatic hydroxyl groups is 1. The quantitative estimate of drug-likeness (QED) is 0.167. The van der Waals surface area contributed by atoms with Gasteiger partial charge in [0.2, 0.25) is 10.0 Å². The molecule has 1 amide bonds. The maximum atomic E-state index is 12.4. The van der Waals surface area contributed by atoms with E-state index in [0.29, 0.717) is 18.0 Å². The fourth-order valence-corrected chi connectivity index (χ4v) is 4.98. The van der Waals surface area contributed by atoms with E-state index >= 15 is 0 Å². The highest BCUT2D eigenvalue weighted by atomic mass is 32.2. The highest BCUT2D eigenvalue weighted by molar-refractivity contribution is 7.92. The van der Waals surface area contributed by atoms with Crippen LogP contribution in [0, 0.1) is 5.92 Å². The Hall–Kier alpha value is -3.88. The summed E-state index contributed by atoms with van der Waals surface area (Å²) < 4.78 is 25.2. The van der Waals surface area contributed by atoms with Crippen LogP contribution in [0.25, 0.3) is 0 Å². The van der Waals surface area contributed by atoms with Gasteiger partial charge in [-0.1, -0.05) is 6.07 Å². The minimum atomic E-state index is -3.58. The first kappa shape index (κ1) is 30.7. The number of carbonyl (C=O) groups is 3. The molecule has 2 atom stereocenters. The Balaban J connectivity index is 1.45. The van der Waals surface area contributed by atoms with Crippen molar-refractivity contribution in [3.05, 3.63) is 53.6 Å². The molecule has 0 aliphatic carbocycles. The van der Waals surface area contributed by atoms with Crippen molar-refractivity contribution in [2.45, 2.75) is 31.4 Å². The number of carboxylic acids is 2. The van der Waals surface area contributed by atoms with Gasteiger partial charge in [0.05, 0.1) is 24.5 Å². The average molecular weight is 579 g/mol. The fourth-order valence-electron chi connectivity index (χ4n) is 4.42. The van der Waals surface area contributed by atoms with Crippen molar-refractivity contribution in [3.63, 3.8) is 0 Å². The minimum Gasteiger partial charge on any atom is -0.506 e. The standard InChI is InChI=1S/C26H34N4O9S/c1-40(38,39)29-20-12-18(4-7-22(20)31)23(32)15-27-14-16-8-10-30(11-9-16)19-5-2-17(3-6-19)25(35)28-21(26(36)37)13-24(33)34/h2-7,12,16,21,23,27,29,31-32H,8-11,13-15H2,1H3,(H,28,35)(H,33,34)(H,36,37)/t21-,23?/m1/s1. The zero-order chi connectivity index (χ0) is 29.4. The predicted molar refractivity (Wildman–Crippen MR) is 147 cm³/mol. The molecule has 1 saturated heterocycles. The second-order valence-electron chi connectivity index (χ2n) is 9.76. The van der Waals surface area contributed by atoms with Gasteiger partial charge in [0.15, 0.2) is 0 Å². The van der Waals surface area contributed by atoms with Crippen molar-refractivity contribution >= 4 is 39.2 Å². The lowest BCUT2D eigenvalue weighted by Gasteiger charge is -2.34. The summed E-state index contributed by atoms with van der Waals surface area (Å²) in [6.07, 6.45) is 1.14. The van der Waals surface area contributed by atoms with E-state index in [9.17, 15) is 33.0 Å². The molecule has 1 aliphatic rings. The molecule has 1 aliphatic heterocycles. The van der Waals surface area contributed by atoms with Gasteiger partial charge >= 0.3 is 11.9 Å². The first-order chi connectivity index (χ1) is 18.8. The molecule has 3 rings (SSSR count). The number of aromatic hydroxyl groups is 1. The smallest absolute Gasteiger partial charge is 0.326 e. The van der Waals surface area contributed by atoms with Crippen LogP contribution in [0.5, 0.6) is 5.75 Å². The SMILES string of the molecule is CS(=O)(=O)Nc1cc(C(O)CNCC2CCN(c3ccc(C(=O)N[C@H](CC(=O)O)C(=O)O)cc3)CC2)ccc1O. The number of nitrogens with one attached hydrogen (secondary N) is 3. The highest BCUT2D eigenvalue weighted by Gasteiger charge is 2.24. The summed E-state index contributed by atoms with van der Waals surface area (Å²) in [5.74, 6) is -3.27. The maximum Gasteiger partial charge on any atom is 0.326 e. The number of phenols is 1. The van der Waals surface area contributed by atoms with E-state index in [-0.39, 0.29) is 23.5 Å². The Morgan fingerprint density at radius 3 is 2.27 bits per heavy atom. The van der Waals surface area contributed by atoms with Gasteiger partial charge in [-0.25, -0.2) is 13.2 Å². The molecule has 0 spiro atoms. The second kappa shape index (κ2) is 13.5. The van der Waals surface area contributed by atoms with Gasteiger partial charge in [-0.2, -0.15) is 0 Å². The van der Waals surface area contributed by atoms with Gasteiger partial charge in [0, 0.05) is 30.9 Å². The maximum absolute atomic E-state index is 12.4. The summed E-state index contributed by atoms with van der Waals surface area (Å²) in [5, 5.41) is 43.8. The lowest BCUT2D eigenvalue weighted by molar-refractivity contribution is -0.145. The van der Waals surface area contributed by atoms with E-state index in [1.54, 1.807) is 24.3 Å². The number of aliphatic carboxylic acids is 2. The number of rotatable bonds is 13. The monoisotopic (exact) mass is 578 g/mol. The van der Waals surface area contributed by atoms with Gasteiger partial charge in [0.25, 0.3) is 5.91 Å². The van der Waals surface area contributed by atoms with E-state index in [2.05, 4.69) is 20.3 Å². The van der Waals surface area contributed by atoms with Gasteiger partial charge in [-0.05, 0) is 67.3 Å². The number of hydrogen-bond donors (Lipinski definition) is 7. The lowest BCUT2D eigenvalue weighted by atomic mass is 9.96. The highest BCUT2D eigenvalue weighted by Crippen LogP contribution is 2.28. The summed E-state index contributed by atoms with van der Waals surface area (Å²) in [5.41, 5.74) is 1.60. The minimum absolute atomic E-state index is 0.00252. The molecule has 0 bridgehead atoms. The Labute approximate surface area is 231 Å². The number of amides is 1. The summed E-state index contributed by atoms with van der Waals surface area (Å²) in [4.78, 5) is 36.5. The predicted octanol–water partition coefficient (Wildman–Crippen LogP) is 0.961. The molecule has 0 radical (unpaired) electrons. The van der Waals surface area contributed by atoms with Crippen LogP contribution in [-0.4, -0.2) is 85.2 Å². The molecular weight excluding hydrogens is 544 g/mol. The average Bonchev–Trinajstić information content (AvgIpc) is 2.89. The first-order valence-corrected chi connectivity index (χ1v) is 14.5. The third-order valence-corrected chi connectivity index (χ3v) is 7.15. The number of benzene rings is 2.